The molecule has 9 nitrogen and oxygen atoms in total. The van der Waals surface area contributed by atoms with E-state index in [1.165, 1.54) is 18.3 Å². The maximum absolute atomic E-state index is 12.8. The van der Waals surface area contributed by atoms with Gasteiger partial charge in [0.2, 0.25) is 0 Å². The molecule has 0 saturated carbocycles. The summed E-state index contributed by atoms with van der Waals surface area (Å²) in [4.78, 5) is 12.6. The zero-order valence-electron chi connectivity index (χ0n) is 21.5. The predicted octanol–water partition coefficient (Wildman–Crippen LogP) is 5.49. The van der Waals surface area contributed by atoms with E-state index in [2.05, 4.69) is 26.5 Å². The third-order valence-corrected chi connectivity index (χ3v) is 6.84. The number of benzene rings is 3. The number of hydrogen-bond acceptors (Lipinski definition) is 8. The molecule has 0 unspecified atom stereocenters. The highest BCUT2D eigenvalue weighted by atomic mass is 79.9. The molecule has 0 heterocycles. The molecule has 38 heavy (non-hydrogen) atoms. The van der Waals surface area contributed by atoms with Crippen LogP contribution in [0.25, 0.3) is 0 Å². The number of nitrogens with zero attached hydrogens (tertiary/aromatic N) is 1. The third-order valence-electron chi connectivity index (χ3n) is 5.02. The van der Waals surface area contributed by atoms with Gasteiger partial charge in [0.05, 0.1) is 30.5 Å². The number of halogens is 1. The van der Waals surface area contributed by atoms with Crippen molar-refractivity contribution in [1.82, 2.24) is 5.43 Å². The van der Waals surface area contributed by atoms with Crippen molar-refractivity contribution in [3.63, 3.8) is 0 Å². The van der Waals surface area contributed by atoms with Gasteiger partial charge in [-0.15, -0.1) is 0 Å². The Morgan fingerprint density at radius 3 is 2.18 bits per heavy atom. The average molecular weight is 606 g/mol. The van der Waals surface area contributed by atoms with E-state index in [1.54, 1.807) is 49.4 Å². The quantitative estimate of drug-likeness (QED) is 0.165. The summed E-state index contributed by atoms with van der Waals surface area (Å²) in [7, 11) is -4.10. The number of carbonyl (C=O) groups is 1. The van der Waals surface area contributed by atoms with Crippen LogP contribution in [0.4, 0.5) is 0 Å². The second-order valence-corrected chi connectivity index (χ2v) is 10.2. The molecule has 0 spiro atoms. The van der Waals surface area contributed by atoms with Crippen molar-refractivity contribution >= 4 is 38.2 Å². The number of rotatable bonds is 12. The molecule has 0 aliphatic rings. The lowest BCUT2D eigenvalue weighted by Crippen LogP contribution is -2.18. The van der Waals surface area contributed by atoms with Crippen LogP contribution in [-0.2, 0) is 10.1 Å². The fourth-order valence-corrected chi connectivity index (χ4v) is 4.90. The van der Waals surface area contributed by atoms with Crippen molar-refractivity contribution in [2.24, 2.45) is 5.10 Å². The van der Waals surface area contributed by atoms with Crippen LogP contribution in [0.5, 0.6) is 23.0 Å². The Morgan fingerprint density at radius 1 is 0.895 bits per heavy atom. The smallest absolute Gasteiger partial charge is 0.339 e. The molecule has 0 saturated heterocycles. The Morgan fingerprint density at radius 2 is 1.53 bits per heavy atom. The van der Waals surface area contributed by atoms with Crippen LogP contribution in [0.1, 0.15) is 42.3 Å². The highest BCUT2D eigenvalue weighted by Gasteiger charge is 2.22. The Kier molecular flexibility index (Phi) is 10.1. The van der Waals surface area contributed by atoms with Gasteiger partial charge in [0.1, 0.15) is 4.90 Å². The van der Waals surface area contributed by atoms with E-state index in [-0.39, 0.29) is 23.0 Å². The van der Waals surface area contributed by atoms with E-state index in [1.807, 2.05) is 20.8 Å². The predicted molar refractivity (Wildman–Crippen MR) is 148 cm³/mol. The molecule has 11 heteroatoms. The first-order valence-electron chi connectivity index (χ1n) is 11.9. The molecule has 0 atom stereocenters. The maximum Gasteiger partial charge on any atom is 0.339 e. The monoisotopic (exact) mass is 604 g/mol. The van der Waals surface area contributed by atoms with Gasteiger partial charge in [0.15, 0.2) is 23.0 Å². The highest BCUT2D eigenvalue weighted by molar-refractivity contribution is 9.10. The number of amides is 1. The summed E-state index contributed by atoms with van der Waals surface area (Å²) in [6.07, 6.45) is 1.40. The molecule has 0 fully saturated rings. The van der Waals surface area contributed by atoms with Crippen molar-refractivity contribution in [3.8, 4) is 23.0 Å². The lowest BCUT2D eigenvalue weighted by atomic mass is 10.2. The van der Waals surface area contributed by atoms with Crippen molar-refractivity contribution < 1.29 is 31.6 Å². The fraction of sp³-hybridized carbons (Fsp3) is 0.259. The Balaban J connectivity index is 1.79. The van der Waals surface area contributed by atoms with Gasteiger partial charge >= 0.3 is 10.1 Å². The van der Waals surface area contributed by atoms with Crippen LogP contribution in [-0.4, -0.2) is 40.4 Å². The summed E-state index contributed by atoms with van der Waals surface area (Å²) in [5, 5.41) is 4.02. The first-order chi connectivity index (χ1) is 18.2. The summed E-state index contributed by atoms with van der Waals surface area (Å²) >= 11 is 3.36. The average Bonchev–Trinajstić information content (AvgIpc) is 2.88. The van der Waals surface area contributed by atoms with Crippen LogP contribution in [0.15, 0.2) is 69.1 Å². The minimum Gasteiger partial charge on any atom is -0.490 e. The molecule has 3 rings (SSSR count). The number of aryl methyl sites for hydroxylation is 1. The third kappa shape index (κ3) is 7.48. The van der Waals surface area contributed by atoms with Gasteiger partial charge in [-0.2, -0.15) is 13.5 Å². The first-order valence-corrected chi connectivity index (χ1v) is 14.1. The van der Waals surface area contributed by atoms with Gasteiger partial charge in [0.25, 0.3) is 5.91 Å². The Hall–Kier alpha value is -3.57. The minimum absolute atomic E-state index is 0.00597. The molecule has 0 aliphatic heterocycles. The van der Waals surface area contributed by atoms with Crippen LogP contribution in [0.2, 0.25) is 0 Å². The molecule has 3 aromatic carbocycles. The number of carbonyl (C=O) groups excluding carboxylic acids is 1. The summed E-state index contributed by atoms with van der Waals surface area (Å²) in [5.74, 6) is 0.769. The SMILES string of the molecule is CCOc1ccc(C(=O)N/N=C/c2cc(Br)c(OS(=O)(=O)c3ccc(C)cc3)c(OCC)c2)cc1OCC. The zero-order valence-corrected chi connectivity index (χ0v) is 23.9. The van der Waals surface area contributed by atoms with Crippen LogP contribution in [0, 0.1) is 6.92 Å². The molecule has 0 radical (unpaired) electrons. The first kappa shape index (κ1) is 29.0. The van der Waals surface area contributed by atoms with E-state index in [4.69, 9.17) is 18.4 Å². The van der Waals surface area contributed by atoms with Crippen molar-refractivity contribution in [1.29, 1.82) is 0 Å². The molecule has 0 aromatic heterocycles. The summed E-state index contributed by atoms with van der Waals surface area (Å²) in [6, 6.07) is 14.4. The van der Waals surface area contributed by atoms with E-state index in [9.17, 15) is 13.2 Å². The molecule has 3 aromatic rings. The van der Waals surface area contributed by atoms with Crippen molar-refractivity contribution in [2.45, 2.75) is 32.6 Å². The van der Waals surface area contributed by atoms with Crippen LogP contribution >= 0.6 is 15.9 Å². The largest absolute Gasteiger partial charge is 0.490 e. The van der Waals surface area contributed by atoms with E-state index >= 15 is 0 Å². The molecule has 1 N–H and O–H groups in total. The topological polar surface area (TPSA) is 113 Å². The van der Waals surface area contributed by atoms with Crippen LogP contribution in [0.3, 0.4) is 0 Å². The zero-order chi connectivity index (χ0) is 27.7. The van der Waals surface area contributed by atoms with E-state index in [0.717, 1.165) is 5.56 Å². The minimum atomic E-state index is -4.10. The van der Waals surface area contributed by atoms with Gasteiger partial charge < -0.3 is 18.4 Å². The van der Waals surface area contributed by atoms with Gasteiger partial charge in [-0.1, -0.05) is 17.7 Å². The summed E-state index contributed by atoms with van der Waals surface area (Å²) in [6.45, 7) is 8.49. The Bertz CT molecular complexity index is 1410. The molecular formula is C27H29BrN2O7S. The lowest BCUT2D eigenvalue weighted by Gasteiger charge is -2.14. The molecule has 0 bridgehead atoms. The van der Waals surface area contributed by atoms with Gasteiger partial charge in [-0.25, -0.2) is 5.43 Å². The Labute approximate surface area is 231 Å². The molecule has 1 amide bonds. The van der Waals surface area contributed by atoms with Crippen LogP contribution < -0.4 is 23.8 Å². The standard InChI is InChI=1S/C27H29BrN2O7S/c1-5-34-23-13-10-20(16-24(23)35-6-2)27(31)30-29-17-19-14-22(28)26(25(15-19)36-7-3)37-38(32,33)21-11-8-18(4)9-12-21/h8-17H,5-7H2,1-4H3,(H,30,31)/b29-17+. The van der Waals surface area contributed by atoms with Gasteiger partial charge in [0, 0.05) is 5.56 Å². The lowest BCUT2D eigenvalue weighted by molar-refractivity contribution is 0.0954. The number of nitrogens with one attached hydrogen (secondary N) is 1. The van der Waals surface area contributed by atoms with Crippen molar-refractivity contribution in [3.05, 3.63) is 75.8 Å². The van der Waals surface area contributed by atoms with Gasteiger partial charge in [-0.3, -0.25) is 4.79 Å². The highest BCUT2D eigenvalue weighted by Crippen LogP contribution is 2.38. The summed E-state index contributed by atoms with van der Waals surface area (Å²) in [5.41, 5.74) is 4.27. The number of hydrogen-bond donors (Lipinski definition) is 1. The molecular weight excluding hydrogens is 576 g/mol. The number of hydrazone groups is 1. The molecule has 0 aliphatic carbocycles. The second-order valence-electron chi connectivity index (χ2n) is 7.84. The number of ether oxygens (including phenoxy) is 3. The normalized spacial score (nSPS) is 11.3. The maximum atomic E-state index is 12.8. The van der Waals surface area contributed by atoms with E-state index in [0.29, 0.717) is 40.3 Å². The fourth-order valence-electron chi connectivity index (χ4n) is 3.29. The van der Waals surface area contributed by atoms with Crippen molar-refractivity contribution in [2.75, 3.05) is 19.8 Å². The molecule has 202 valence electrons. The van der Waals surface area contributed by atoms with Gasteiger partial charge in [-0.05, 0) is 91.7 Å². The second kappa shape index (κ2) is 13.3. The van der Waals surface area contributed by atoms with E-state index < -0.39 is 16.0 Å². The summed E-state index contributed by atoms with van der Waals surface area (Å²) < 4.78 is 48.1.